The van der Waals surface area contributed by atoms with Crippen molar-refractivity contribution < 1.29 is 9.31 Å². The molecular formula is C10H10FNO2. The first-order valence-electron chi connectivity index (χ1n) is 4.13. The van der Waals surface area contributed by atoms with Gasteiger partial charge in [0.1, 0.15) is 5.82 Å². The normalized spacial score (nSPS) is 12.1. The fourth-order valence-electron chi connectivity index (χ4n) is 1.19. The lowest BCUT2D eigenvalue weighted by Gasteiger charge is -2.07. The van der Waals surface area contributed by atoms with Crippen LogP contribution in [0.3, 0.4) is 0 Å². The molecule has 74 valence electrons. The average Bonchev–Trinajstić information content (AvgIpc) is 2.15. The molecule has 0 aliphatic carbocycles. The molecule has 0 saturated carbocycles. The molecule has 0 fully saturated rings. The van der Waals surface area contributed by atoms with E-state index in [4.69, 9.17) is 0 Å². The van der Waals surface area contributed by atoms with Crippen LogP contribution in [0.5, 0.6) is 0 Å². The van der Waals surface area contributed by atoms with Gasteiger partial charge in [-0.15, -0.1) is 6.58 Å². The van der Waals surface area contributed by atoms with E-state index in [1.54, 1.807) is 0 Å². The minimum absolute atomic E-state index is 0.213. The number of hydrogen-bond donors (Lipinski definition) is 0. The van der Waals surface area contributed by atoms with Crippen molar-refractivity contribution >= 4 is 0 Å². The number of halogens is 1. The topological polar surface area (TPSA) is 43.1 Å². The second-order valence-electron chi connectivity index (χ2n) is 2.91. The fourth-order valence-corrected chi connectivity index (χ4v) is 1.19. The van der Waals surface area contributed by atoms with Crippen LogP contribution < -0.4 is 0 Å². The molecule has 0 bridgehead atoms. The van der Waals surface area contributed by atoms with E-state index in [0.717, 1.165) is 0 Å². The van der Waals surface area contributed by atoms with Gasteiger partial charge in [0, 0.05) is 4.92 Å². The Morgan fingerprint density at radius 3 is 2.50 bits per heavy atom. The maximum Gasteiger partial charge on any atom is 0.214 e. The first-order valence-corrected chi connectivity index (χ1v) is 4.13. The molecule has 0 heterocycles. The molecule has 0 N–H and O–H groups in total. The van der Waals surface area contributed by atoms with E-state index < -0.39 is 4.92 Å². The van der Waals surface area contributed by atoms with Gasteiger partial charge in [-0.3, -0.25) is 10.1 Å². The van der Waals surface area contributed by atoms with Crippen LogP contribution in [0, 0.1) is 15.9 Å². The van der Waals surface area contributed by atoms with Gasteiger partial charge in [0.25, 0.3) is 0 Å². The highest BCUT2D eigenvalue weighted by Gasteiger charge is 2.13. The molecule has 0 unspecified atom stereocenters. The molecule has 1 aromatic rings. The summed E-state index contributed by atoms with van der Waals surface area (Å²) in [5.74, 6) is -0.705. The van der Waals surface area contributed by atoms with Crippen molar-refractivity contribution in [2.45, 2.75) is 5.92 Å². The fraction of sp³-hybridized carbons (Fsp3) is 0.200. The molecule has 4 heteroatoms. The molecule has 1 rings (SSSR count). The highest BCUT2D eigenvalue weighted by molar-refractivity contribution is 5.23. The molecule has 14 heavy (non-hydrogen) atoms. The molecule has 0 aliphatic rings. The molecule has 1 atom stereocenters. The summed E-state index contributed by atoms with van der Waals surface area (Å²) >= 11 is 0. The number of rotatable bonds is 4. The predicted molar refractivity (Wildman–Crippen MR) is 51.2 cm³/mol. The quantitative estimate of drug-likeness (QED) is 0.420. The van der Waals surface area contributed by atoms with Gasteiger partial charge in [-0.05, 0) is 17.7 Å². The van der Waals surface area contributed by atoms with Crippen LogP contribution in [0.25, 0.3) is 0 Å². The molecule has 0 radical (unpaired) electrons. The van der Waals surface area contributed by atoms with Gasteiger partial charge >= 0.3 is 0 Å². The second kappa shape index (κ2) is 4.50. The Balaban J connectivity index is 2.84. The zero-order valence-electron chi connectivity index (χ0n) is 7.52. The minimum Gasteiger partial charge on any atom is -0.265 e. The number of benzene rings is 1. The molecule has 0 amide bonds. The number of nitro groups is 1. The van der Waals surface area contributed by atoms with Crippen molar-refractivity contribution in [3.8, 4) is 0 Å². The van der Waals surface area contributed by atoms with Crippen molar-refractivity contribution in [2.75, 3.05) is 6.54 Å². The minimum atomic E-state index is -0.407. The Hall–Kier alpha value is -1.71. The predicted octanol–water partition coefficient (Wildman–Crippen LogP) is 2.37. The number of nitrogens with zero attached hydrogens (tertiary/aromatic N) is 1. The smallest absolute Gasteiger partial charge is 0.214 e. The Bertz CT molecular complexity index is 334. The van der Waals surface area contributed by atoms with Crippen molar-refractivity contribution in [1.82, 2.24) is 0 Å². The van der Waals surface area contributed by atoms with Gasteiger partial charge in [0.15, 0.2) is 0 Å². The Labute approximate surface area is 81.0 Å². The monoisotopic (exact) mass is 195 g/mol. The first kappa shape index (κ1) is 10.4. The molecule has 0 aromatic heterocycles. The van der Waals surface area contributed by atoms with Crippen LogP contribution in [-0.4, -0.2) is 11.5 Å². The number of hydrogen-bond acceptors (Lipinski definition) is 2. The lowest BCUT2D eigenvalue weighted by molar-refractivity contribution is -0.481. The van der Waals surface area contributed by atoms with Gasteiger partial charge < -0.3 is 0 Å². The molecule has 0 aliphatic heterocycles. The standard InChI is InChI=1S/C10H10FNO2/c1-2-8(7-12(13)14)9-3-5-10(11)6-4-9/h2-6,8H,1,7H2/t8-/m0/s1. The van der Waals surface area contributed by atoms with Crippen molar-refractivity contribution in [3.05, 3.63) is 58.4 Å². The van der Waals surface area contributed by atoms with Crippen LogP contribution in [-0.2, 0) is 0 Å². The van der Waals surface area contributed by atoms with Gasteiger partial charge in [-0.1, -0.05) is 18.2 Å². The third-order valence-electron chi connectivity index (χ3n) is 1.93. The molecule has 3 nitrogen and oxygen atoms in total. The Morgan fingerprint density at radius 2 is 2.07 bits per heavy atom. The van der Waals surface area contributed by atoms with Crippen molar-refractivity contribution in [1.29, 1.82) is 0 Å². The Kier molecular flexibility index (Phi) is 3.34. The summed E-state index contributed by atoms with van der Waals surface area (Å²) in [6.45, 7) is 3.30. The van der Waals surface area contributed by atoms with Crippen LogP contribution in [0.1, 0.15) is 11.5 Å². The van der Waals surface area contributed by atoms with Crippen molar-refractivity contribution in [3.63, 3.8) is 0 Å². The molecule has 0 spiro atoms. The molecular weight excluding hydrogens is 185 g/mol. The zero-order valence-corrected chi connectivity index (χ0v) is 7.52. The maximum absolute atomic E-state index is 12.6. The summed E-state index contributed by atoms with van der Waals surface area (Å²) in [6.07, 6.45) is 1.50. The first-order chi connectivity index (χ1) is 6.63. The van der Waals surface area contributed by atoms with E-state index in [2.05, 4.69) is 6.58 Å². The molecule has 0 saturated heterocycles. The van der Waals surface area contributed by atoms with E-state index in [0.29, 0.717) is 5.56 Å². The average molecular weight is 195 g/mol. The van der Waals surface area contributed by atoms with Gasteiger partial charge in [0.05, 0.1) is 5.92 Å². The van der Waals surface area contributed by atoms with Crippen LogP contribution in [0.4, 0.5) is 4.39 Å². The summed E-state index contributed by atoms with van der Waals surface area (Å²) < 4.78 is 12.6. The largest absolute Gasteiger partial charge is 0.265 e. The highest BCUT2D eigenvalue weighted by atomic mass is 19.1. The third-order valence-corrected chi connectivity index (χ3v) is 1.93. The zero-order chi connectivity index (χ0) is 10.6. The van der Waals surface area contributed by atoms with E-state index in [1.807, 2.05) is 0 Å². The summed E-state index contributed by atoms with van der Waals surface area (Å²) in [5, 5.41) is 10.3. The van der Waals surface area contributed by atoms with E-state index in [-0.39, 0.29) is 18.3 Å². The maximum atomic E-state index is 12.6. The highest BCUT2D eigenvalue weighted by Crippen LogP contribution is 2.17. The summed E-state index contributed by atoms with van der Waals surface area (Å²) in [7, 11) is 0. The van der Waals surface area contributed by atoms with Gasteiger partial charge in [0.2, 0.25) is 6.54 Å². The summed E-state index contributed by atoms with van der Waals surface area (Å²) in [4.78, 5) is 9.89. The second-order valence-corrected chi connectivity index (χ2v) is 2.91. The SMILES string of the molecule is C=C[C@@H](C[N+](=O)[O-])c1ccc(F)cc1. The van der Waals surface area contributed by atoms with Gasteiger partial charge in [-0.25, -0.2) is 4.39 Å². The summed E-state index contributed by atoms with van der Waals surface area (Å²) in [6, 6.07) is 5.63. The van der Waals surface area contributed by atoms with Gasteiger partial charge in [-0.2, -0.15) is 0 Å². The third kappa shape index (κ3) is 2.65. The Morgan fingerprint density at radius 1 is 1.50 bits per heavy atom. The van der Waals surface area contributed by atoms with E-state index in [9.17, 15) is 14.5 Å². The van der Waals surface area contributed by atoms with E-state index in [1.165, 1.54) is 30.3 Å². The van der Waals surface area contributed by atoms with Crippen LogP contribution >= 0.6 is 0 Å². The van der Waals surface area contributed by atoms with Crippen molar-refractivity contribution in [2.24, 2.45) is 0 Å². The van der Waals surface area contributed by atoms with Crippen LogP contribution in [0.2, 0.25) is 0 Å². The lowest BCUT2D eigenvalue weighted by atomic mass is 9.99. The van der Waals surface area contributed by atoms with E-state index >= 15 is 0 Å². The molecule has 1 aromatic carbocycles. The lowest BCUT2D eigenvalue weighted by Crippen LogP contribution is -2.10. The summed E-state index contributed by atoms with van der Waals surface area (Å²) in [5.41, 5.74) is 0.707. The van der Waals surface area contributed by atoms with Crippen LogP contribution in [0.15, 0.2) is 36.9 Å².